The zero-order valence-corrected chi connectivity index (χ0v) is 9.65. The molecule has 0 unspecified atom stereocenters. The first kappa shape index (κ1) is 18.1. The minimum absolute atomic E-state index is 0.0600. The maximum absolute atomic E-state index is 8.15. The number of hydrogen-bond acceptors (Lipinski definition) is 8. The Hall–Kier alpha value is -0.320. The van der Waals surface area contributed by atoms with E-state index in [2.05, 4.69) is 20.8 Å². The lowest BCUT2D eigenvalue weighted by Gasteiger charge is -2.01. The van der Waals surface area contributed by atoms with Crippen molar-refractivity contribution in [1.29, 1.82) is 0 Å². The van der Waals surface area contributed by atoms with E-state index in [1.54, 1.807) is 0 Å². The maximum atomic E-state index is 8.15. The number of hydrogen-bond donors (Lipinski definition) is 5. The fourth-order valence-electron chi connectivity index (χ4n) is 0.449. The highest BCUT2D eigenvalue weighted by atomic mass is 16.9. The zero-order valence-electron chi connectivity index (χ0n) is 9.65. The van der Waals surface area contributed by atoms with Crippen LogP contribution in [0.15, 0.2) is 0 Å². The summed E-state index contributed by atoms with van der Waals surface area (Å²) in [6.45, 7) is 4.19. The van der Waals surface area contributed by atoms with Crippen LogP contribution in [0.2, 0.25) is 0 Å². The number of aliphatic hydroxyl groups excluding tert-OH is 2. The molecule has 0 atom stereocenters. The number of hydroxylamine groups is 1. The van der Waals surface area contributed by atoms with Gasteiger partial charge < -0.3 is 20.8 Å². The van der Waals surface area contributed by atoms with Crippen LogP contribution in [0, 0.1) is 0 Å². The van der Waals surface area contributed by atoms with Crippen LogP contribution in [-0.2, 0) is 14.5 Å². The van der Waals surface area contributed by atoms with E-state index in [1.807, 2.05) is 6.92 Å². The molecule has 0 bridgehead atoms. The Morgan fingerprint density at radius 1 is 1.06 bits per heavy atom. The highest BCUT2D eigenvalue weighted by Gasteiger charge is 1.83. The molecule has 0 saturated heterocycles. The molecular weight excluding hydrogens is 218 g/mol. The molecule has 100 valence electrons. The van der Waals surface area contributed by atoms with E-state index in [1.165, 1.54) is 0 Å². The zero-order chi connectivity index (χ0) is 12.5. The average Bonchev–Trinajstić information content (AvgIpc) is 2.31. The third-order valence-electron chi connectivity index (χ3n) is 0.997. The van der Waals surface area contributed by atoms with Crippen LogP contribution in [0.5, 0.6) is 0 Å². The van der Waals surface area contributed by atoms with E-state index in [0.29, 0.717) is 13.2 Å². The van der Waals surface area contributed by atoms with Gasteiger partial charge in [-0.25, -0.2) is 5.48 Å². The molecule has 8 nitrogen and oxygen atoms in total. The molecule has 16 heavy (non-hydrogen) atoms. The van der Waals surface area contributed by atoms with Crippen molar-refractivity contribution in [2.45, 2.75) is 6.92 Å². The van der Waals surface area contributed by atoms with Crippen molar-refractivity contribution in [2.75, 3.05) is 46.1 Å². The third kappa shape index (κ3) is 23.5. The molecular formula is C8H23N3O5. The summed E-state index contributed by atoms with van der Waals surface area (Å²) in [7, 11) is 0. The van der Waals surface area contributed by atoms with Gasteiger partial charge in [-0.15, -0.1) is 0 Å². The van der Waals surface area contributed by atoms with Gasteiger partial charge in [0.1, 0.15) is 0 Å². The van der Waals surface area contributed by atoms with E-state index >= 15 is 0 Å². The van der Waals surface area contributed by atoms with Crippen LogP contribution >= 0.6 is 0 Å². The molecule has 0 rings (SSSR count). The summed E-state index contributed by atoms with van der Waals surface area (Å²) < 4.78 is 0. The standard InChI is InChI=1S/C4H12N2O.C4H11NO4/c1-2-7-6-4-3-5;6-1-3-8-5-9-4-2-7/h6H,2-5H2,1H3;5-7H,1-4H2. The maximum Gasteiger partial charge on any atom is 0.0940 e. The van der Waals surface area contributed by atoms with Gasteiger partial charge >= 0.3 is 0 Å². The second-order valence-corrected chi connectivity index (χ2v) is 2.34. The lowest BCUT2D eigenvalue weighted by atomic mass is 10.7. The molecule has 0 aromatic rings. The Balaban J connectivity index is 0. The Kier molecular flexibility index (Phi) is 22.7. The largest absolute Gasteiger partial charge is 0.394 e. The summed E-state index contributed by atoms with van der Waals surface area (Å²) in [6, 6.07) is 0. The first-order chi connectivity index (χ1) is 7.83. The first-order valence-electron chi connectivity index (χ1n) is 5.08. The topological polar surface area (TPSA) is 118 Å². The predicted molar refractivity (Wildman–Crippen MR) is 57.9 cm³/mol. The van der Waals surface area contributed by atoms with Crippen molar-refractivity contribution in [3.63, 3.8) is 0 Å². The Morgan fingerprint density at radius 2 is 1.62 bits per heavy atom. The van der Waals surface area contributed by atoms with Gasteiger partial charge in [0.05, 0.1) is 33.0 Å². The molecule has 0 aromatic carbocycles. The molecule has 0 fully saturated rings. The quantitative estimate of drug-likeness (QED) is 0.218. The molecule has 0 aliphatic rings. The van der Waals surface area contributed by atoms with Crippen LogP contribution in [0.3, 0.4) is 0 Å². The van der Waals surface area contributed by atoms with Crippen LogP contribution in [0.4, 0.5) is 0 Å². The molecule has 0 aromatic heterocycles. The second kappa shape index (κ2) is 20.1. The van der Waals surface area contributed by atoms with Gasteiger partial charge in [0.25, 0.3) is 0 Å². The van der Waals surface area contributed by atoms with E-state index < -0.39 is 0 Å². The Morgan fingerprint density at radius 3 is 2.00 bits per heavy atom. The summed E-state index contributed by atoms with van der Waals surface area (Å²) in [4.78, 5) is 13.6. The summed E-state index contributed by atoms with van der Waals surface area (Å²) >= 11 is 0. The van der Waals surface area contributed by atoms with Gasteiger partial charge in [-0.3, -0.25) is 9.68 Å². The van der Waals surface area contributed by atoms with Crippen molar-refractivity contribution in [3.8, 4) is 0 Å². The van der Waals surface area contributed by atoms with Crippen molar-refractivity contribution in [2.24, 2.45) is 5.73 Å². The normalized spacial score (nSPS) is 9.75. The molecule has 0 radical (unpaired) electrons. The van der Waals surface area contributed by atoms with Crippen molar-refractivity contribution < 1.29 is 24.7 Å². The van der Waals surface area contributed by atoms with Gasteiger partial charge in [-0.2, -0.15) is 0 Å². The minimum atomic E-state index is -0.0600. The van der Waals surface area contributed by atoms with Crippen molar-refractivity contribution in [1.82, 2.24) is 11.1 Å². The molecule has 0 spiro atoms. The average molecular weight is 241 g/mol. The fraction of sp³-hybridized carbons (Fsp3) is 1.00. The Bertz CT molecular complexity index is 99.7. The van der Waals surface area contributed by atoms with Gasteiger partial charge in [-0.1, -0.05) is 5.64 Å². The summed E-state index contributed by atoms with van der Waals surface area (Å²) in [5.74, 6) is 0. The Labute approximate surface area is 95.5 Å². The third-order valence-corrected chi connectivity index (χ3v) is 0.997. The first-order valence-corrected chi connectivity index (χ1v) is 5.08. The van der Waals surface area contributed by atoms with Gasteiger partial charge in [0, 0.05) is 13.1 Å². The number of nitrogens with one attached hydrogen (secondary N) is 2. The smallest absolute Gasteiger partial charge is 0.0940 e. The minimum Gasteiger partial charge on any atom is -0.394 e. The van der Waals surface area contributed by atoms with Crippen molar-refractivity contribution >= 4 is 0 Å². The molecule has 0 aliphatic carbocycles. The van der Waals surface area contributed by atoms with Crippen LogP contribution in [-0.4, -0.2) is 56.3 Å². The summed E-state index contributed by atoms with van der Waals surface area (Å²) in [5.41, 5.74) is 9.85. The van der Waals surface area contributed by atoms with Crippen molar-refractivity contribution in [3.05, 3.63) is 0 Å². The molecule has 8 heteroatoms. The van der Waals surface area contributed by atoms with Gasteiger partial charge in [-0.05, 0) is 6.92 Å². The van der Waals surface area contributed by atoms with Gasteiger partial charge in [0.2, 0.25) is 0 Å². The van der Waals surface area contributed by atoms with Crippen LogP contribution in [0.25, 0.3) is 0 Å². The van der Waals surface area contributed by atoms with E-state index in [-0.39, 0.29) is 26.4 Å². The summed E-state index contributed by atoms with van der Waals surface area (Å²) in [6.07, 6.45) is 0. The van der Waals surface area contributed by atoms with Crippen LogP contribution in [0.1, 0.15) is 6.92 Å². The highest BCUT2D eigenvalue weighted by Crippen LogP contribution is 1.67. The van der Waals surface area contributed by atoms with Gasteiger partial charge in [0.15, 0.2) is 0 Å². The van der Waals surface area contributed by atoms with E-state index in [9.17, 15) is 0 Å². The lowest BCUT2D eigenvalue weighted by Crippen LogP contribution is -2.22. The SMILES string of the molecule is CCONCCN.OCCONOCCO. The monoisotopic (exact) mass is 241 g/mol. The summed E-state index contributed by atoms with van der Waals surface area (Å²) in [5, 5.41) is 16.3. The number of aliphatic hydroxyl groups is 2. The molecule has 6 N–H and O–H groups in total. The molecule has 0 amide bonds. The molecule has 0 aliphatic heterocycles. The molecule has 0 heterocycles. The predicted octanol–water partition coefficient (Wildman–Crippen LogP) is -2.09. The second-order valence-electron chi connectivity index (χ2n) is 2.34. The fourth-order valence-corrected chi connectivity index (χ4v) is 0.449. The number of rotatable bonds is 10. The van der Waals surface area contributed by atoms with E-state index in [4.69, 9.17) is 20.8 Å². The lowest BCUT2D eigenvalue weighted by molar-refractivity contribution is -0.178. The molecule has 0 saturated carbocycles. The van der Waals surface area contributed by atoms with E-state index in [0.717, 1.165) is 6.54 Å². The van der Waals surface area contributed by atoms with Crippen LogP contribution < -0.4 is 16.9 Å². The highest BCUT2D eigenvalue weighted by molar-refractivity contribution is 4.30. The number of nitrogens with two attached hydrogens (primary N) is 1.